The molecule has 0 bridgehead atoms. The molecule has 3 nitrogen and oxygen atoms in total. The quantitative estimate of drug-likeness (QED) is 0.174. The number of carbonyl (C=O) groups is 2. The van der Waals surface area contributed by atoms with Crippen LogP contribution in [0.25, 0.3) is 16.8 Å². The number of thiophene rings is 1. The fraction of sp³-hybridized carbons (Fsp3) is 0.0909. The summed E-state index contributed by atoms with van der Waals surface area (Å²) in [6, 6.07) is 28.3. The van der Waals surface area contributed by atoms with Gasteiger partial charge in [0.1, 0.15) is 10.8 Å². The van der Waals surface area contributed by atoms with Crippen molar-refractivity contribution in [2.75, 3.05) is 4.90 Å². The van der Waals surface area contributed by atoms with Crippen LogP contribution in [0.2, 0.25) is 0 Å². The molecule has 0 saturated carbocycles. The maximum atomic E-state index is 14.5. The highest BCUT2D eigenvalue weighted by Crippen LogP contribution is 2.53. The molecule has 4 aromatic carbocycles. The largest absolute Gasteiger partial charge is 0.301 e. The second kappa shape index (κ2) is 8.07. The average molecular weight is 516 g/mol. The first-order valence-corrected chi connectivity index (χ1v) is 13.3. The molecule has 38 heavy (non-hydrogen) atoms. The van der Waals surface area contributed by atoms with Crippen LogP contribution in [0.1, 0.15) is 50.6 Å². The number of carbonyl (C=O) groups excluding carboxylic acids is 2. The lowest BCUT2D eigenvalue weighted by molar-refractivity contribution is 0.0990. The Morgan fingerprint density at radius 1 is 0.737 bits per heavy atom. The van der Waals surface area contributed by atoms with Crippen molar-refractivity contribution in [3.05, 3.63) is 130 Å². The summed E-state index contributed by atoms with van der Waals surface area (Å²) in [6.07, 6.45) is 1.69. The molecule has 7 rings (SSSR count). The van der Waals surface area contributed by atoms with Gasteiger partial charge in [-0.3, -0.25) is 9.59 Å². The van der Waals surface area contributed by atoms with E-state index in [1.165, 1.54) is 17.4 Å². The number of fused-ring (bicyclic) bond motifs is 4. The van der Waals surface area contributed by atoms with E-state index in [1.54, 1.807) is 12.1 Å². The molecule has 2 aliphatic rings. The maximum absolute atomic E-state index is 14.5. The summed E-state index contributed by atoms with van der Waals surface area (Å²) in [4.78, 5) is 29.4. The highest BCUT2D eigenvalue weighted by molar-refractivity contribution is 7.17. The lowest BCUT2D eigenvalue weighted by Gasteiger charge is -2.41. The Hall–Kier alpha value is -4.35. The predicted octanol–water partition coefficient (Wildman–Crippen LogP) is 8.61. The van der Waals surface area contributed by atoms with Crippen molar-refractivity contribution in [3.63, 3.8) is 0 Å². The Morgan fingerprint density at radius 3 is 2.08 bits per heavy atom. The monoisotopic (exact) mass is 515 g/mol. The lowest BCUT2D eigenvalue weighted by atomic mass is 9.74. The molecular weight excluding hydrogens is 493 g/mol. The first-order chi connectivity index (χ1) is 18.3. The van der Waals surface area contributed by atoms with Crippen LogP contribution in [0.4, 0.5) is 20.8 Å². The molecule has 0 spiro atoms. The van der Waals surface area contributed by atoms with Gasteiger partial charge in [0.25, 0.3) is 0 Å². The second-order valence-electron chi connectivity index (χ2n) is 10.3. The summed E-state index contributed by atoms with van der Waals surface area (Å²) >= 11 is 1.47. The molecule has 0 amide bonds. The van der Waals surface area contributed by atoms with Crippen molar-refractivity contribution >= 4 is 56.1 Å². The highest BCUT2D eigenvalue weighted by atomic mass is 32.1. The van der Waals surface area contributed by atoms with Gasteiger partial charge in [-0.15, -0.1) is 11.3 Å². The van der Waals surface area contributed by atoms with E-state index >= 15 is 0 Å². The van der Waals surface area contributed by atoms with E-state index in [4.69, 9.17) is 0 Å². The molecule has 0 unspecified atom stereocenters. The minimum atomic E-state index is -0.296. The Balaban J connectivity index is 1.32. The van der Waals surface area contributed by atoms with Crippen molar-refractivity contribution in [2.24, 2.45) is 0 Å². The first-order valence-electron chi connectivity index (χ1n) is 12.5. The number of allylic oxidation sites excluding steroid dienone is 1. The SMILES string of the molecule is CC1(C)c2ccccc2N(c2ccc(C=C3C(=O)c4cc5ccccc5cc4C3=O)s2)c2cc(F)ccc21. The second-order valence-corrected chi connectivity index (χ2v) is 11.4. The molecule has 1 aliphatic heterocycles. The number of Topliss-reactive ketones (excluding diaryl/α,β-unsaturated/α-hetero) is 2. The number of halogens is 1. The molecule has 1 aromatic heterocycles. The smallest absolute Gasteiger partial charge is 0.197 e. The van der Waals surface area contributed by atoms with Crippen molar-refractivity contribution in [3.8, 4) is 0 Å². The molecule has 1 aliphatic carbocycles. The Bertz CT molecular complexity index is 1810. The molecule has 0 fully saturated rings. The van der Waals surface area contributed by atoms with Crippen LogP contribution in [0.5, 0.6) is 0 Å². The third-order valence-corrected chi connectivity index (χ3v) is 8.69. The van der Waals surface area contributed by atoms with Crippen molar-refractivity contribution < 1.29 is 14.0 Å². The molecule has 5 heteroatoms. The zero-order chi connectivity index (χ0) is 26.2. The topological polar surface area (TPSA) is 37.4 Å². The number of nitrogens with zero attached hydrogens (tertiary/aromatic N) is 1. The standard InChI is InChI=1S/C33H22FNO2S/c1-33(2)26-9-5-6-10-28(26)35(29-17-21(34)11-13-27(29)33)30-14-12-22(38-30)18-25-31(36)23-15-19-7-3-4-8-20(19)16-24(23)32(25)37/h3-18H,1-2H3. The van der Waals surface area contributed by atoms with Gasteiger partial charge < -0.3 is 4.90 Å². The number of rotatable bonds is 2. The van der Waals surface area contributed by atoms with Gasteiger partial charge in [-0.05, 0) is 70.4 Å². The number of para-hydroxylation sites is 1. The van der Waals surface area contributed by atoms with E-state index in [0.29, 0.717) is 11.1 Å². The van der Waals surface area contributed by atoms with Gasteiger partial charge in [-0.25, -0.2) is 4.39 Å². The minimum absolute atomic E-state index is 0.176. The van der Waals surface area contributed by atoms with Gasteiger partial charge in [-0.1, -0.05) is 62.4 Å². The molecular formula is C33H22FNO2S. The third-order valence-electron chi connectivity index (χ3n) is 7.68. The zero-order valence-corrected chi connectivity index (χ0v) is 21.6. The van der Waals surface area contributed by atoms with E-state index in [9.17, 15) is 14.0 Å². The van der Waals surface area contributed by atoms with Crippen LogP contribution in [0.15, 0.2) is 96.6 Å². The van der Waals surface area contributed by atoms with Gasteiger partial charge >= 0.3 is 0 Å². The summed E-state index contributed by atoms with van der Waals surface area (Å²) in [5.74, 6) is -0.790. The number of anilines is 3. The number of hydrogen-bond acceptors (Lipinski definition) is 4. The number of hydrogen-bond donors (Lipinski definition) is 0. The van der Waals surface area contributed by atoms with Gasteiger partial charge in [0.05, 0.1) is 16.9 Å². The molecule has 5 aromatic rings. The molecule has 0 N–H and O–H groups in total. The third kappa shape index (κ3) is 3.25. The van der Waals surface area contributed by atoms with Crippen molar-refractivity contribution in [1.29, 1.82) is 0 Å². The van der Waals surface area contributed by atoms with Crippen LogP contribution < -0.4 is 4.90 Å². The average Bonchev–Trinajstić information content (AvgIpc) is 3.46. The zero-order valence-electron chi connectivity index (χ0n) is 20.8. The van der Waals surface area contributed by atoms with Gasteiger partial charge in [0.2, 0.25) is 0 Å². The highest BCUT2D eigenvalue weighted by Gasteiger charge is 2.38. The lowest BCUT2D eigenvalue weighted by Crippen LogP contribution is -2.30. The van der Waals surface area contributed by atoms with Gasteiger partial charge in [-0.2, -0.15) is 0 Å². The molecule has 2 heterocycles. The molecule has 0 atom stereocenters. The number of ketones is 2. The first kappa shape index (κ1) is 22.8. The summed E-state index contributed by atoms with van der Waals surface area (Å²) in [6.45, 7) is 4.31. The summed E-state index contributed by atoms with van der Waals surface area (Å²) in [7, 11) is 0. The minimum Gasteiger partial charge on any atom is -0.301 e. The number of benzene rings is 4. The molecule has 0 saturated heterocycles. The fourth-order valence-corrected chi connectivity index (χ4v) is 6.73. The summed E-state index contributed by atoms with van der Waals surface area (Å²) in [5, 5.41) is 2.75. The Kier molecular flexibility index (Phi) is 4.85. The van der Waals surface area contributed by atoms with Crippen LogP contribution in [0.3, 0.4) is 0 Å². The van der Waals surface area contributed by atoms with Crippen LogP contribution in [0, 0.1) is 5.82 Å². The van der Waals surface area contributed by atoms with Crippen molar-refractivity contribution in [1.82, 2.24) is 0 Å². The van der Waals surface area contributed by atoms with E-state index in [0.717, 1.165) is 43.2 Å². The maximum Gasteiger partial charge on any atom is 0.197 e. The Labute approximate surface area is 223 Å². The van der Waals surface area contributed by atoms with Crippen LogP contribution in [-0.4, -0.2) is 11.6 Å². The van der Waals surface area contributed by atoms with Crippen LogP contribution >= 0.6 is 11.3 Å². The van der Waals surface area contributed by atoms with Crippen LogP contribution in [-0.2, 0) is 5.41 Å². The Morgan fingerprint density at radius 2 is 1.37 bits per heavy atom. The predicted molar refractivity (Wildman–Crippen MR) is 152 cm³/mol. The fourth-order valence-electron chi connectivity index (χ4n) is 5.75. The molecule has 0 radical (unpaired) electrons. The van der Waals surface area contributed by atoms with E-state index in [2.05, 4.69) is 24.8 Å². The summed E-state index contributed by atoms with van der Waals surface area (Å²) < 4.78 is 14.5. The van der Waals surface area contributed by atoms with Crippen molar-refractivity contribution in [2.45, 2.75) is 19.3 Å². The van der Waals surface area contributed by atoms with E-state index < -0.39 is 0 Å². The molecule has 184 valence electrons. The van der Waals surface area contributed by atoms with Gasteiger partial charge in [0.15, 0.2) is 11.6 Å². The summed E-state index contributed by atoms with van der Waals surface area (Å²) in [5.41, 5.74) is 4.75. The van der Waals surface area contributed by atoms with E-state index in [1.807, 2.05) is 72.8 Å². The van der Waals surface area contributed by atoms with Gasteiger partial charge in [0, 0.05) is 21.4 Å². The normalized spacial score (nSPS) is 15.4. The van der Waals surface area contributed by atoms with E-state index in [-0.39, 0.29) is 28.4 Å².